The lowest BCUT2D eigenvalue weighted by atomic mass is 9.83. The van der Waals surface area contributed by atoms with Gasteiger partial charge in [0.15, 0.2) is 16.7 Å². The molecule has 6 nitrogen and oxygen atoms in total. The molecule has 0 radical (unpaired) electrons. The molecule has 1 aliphatic carbocycles. The van der Waals surface area contributed by atoms with E-state index in [2.05, 4.69) is 15.3 Å². The first-order chi connectivity index (χ1) is 12.5. The Balaban J connectivity index is 1.80. The topological polar surface area (TPSA) is 98.0 Å². The Morgan fingerprint density at radius 2 is 1.88 bits per heavy atom. The number of halogens is 1. The van der Waals surface area contributed by atoms with Crippen molar-refractivity contribution < 1.29 is 9.59 Å². The quantitative estimate of drug-likeness (QED) is 0.832. The molecule has 1 aliphatic rings. The largest absolute Gasteiger partial charge is 0.364 e. The molecule has 136 valence electrons. The second kappa shape index (κ2) is 7.83. The second-order valence-corrected chi connectivity index (χ2v) is 6.79. The van der Waals surface area contributed by atoms with E-state index in [0.717, 1.165) is 18.5 Å². The number of hydrogen-bond acceptors (Lipinski definition) is 5. The molecule has 0 unspecified atom stereocenters. The molecule has 1 fully saturated rings. The first-order valence-corrected chi connectivity index (χ1v) is 9.10. The Morgan fingerprint density at radius 3 is 2.46 bits per heavy atom. The molecule has 3 N–H and O–H groups in total. The van der Waals surface area contributed by atoms with Gasteiger partial charge in [0.25, 0.3) is 5.91 Å². The van der Waals surface area contributed by atoms with Crippen molar-refractivity contribution in [3.8, 4) is 0 Å². The number of primary amides is 1. The number of Topliss-reactive ketones (excluding diaryl/α,β-unsaturated/α-hetero) is 1. The molecule has 26 heavy (non-hydrogen) atoms. The highest BCUT2D eigenvalue weighted by Crippen LogP contribution is 2.32. The summed E-state index contributed by atoms with van der Waals surface area (Å²) >= 11 is 6.12. The van der Waals surface area contributed by atoms with E-state index in [4.69, 9.17) is 17.3 Å². The zero-order valence-electron chi connectivity index (χ0n) is 14.6. The van der Waals surface area contributed by atoms with Gasteiger partial charge in [0.1, 0.15) is 5.78 Å². The van der Waals surface area contributed by atoms with Crippen LogP contribution in [-0.2, 0) is 11.2 Å². The highest BCUT2D eigenvalue weighted by Gasteiger charge is 2.20. The van der Waals surface area contributed by atoms with E-state index in [9.17, 15) is 9.59 Å². The molecule has 1 aromatic carbocycles. The van der Waals surface area contributed by atoms with Crippen LogP contribution in [0.4, 0.5) is 11.5 Å². The number of nitrogens with one attached hydrogen (secondary N) is 1. The lowest BCUT2D eigenvalue weighted by molar-refractivity contribution is -0.120. The summed E-state index contributed by atoms with van der Waals surface area (Å²) in [5.41, 5.74) is 8.00. The fraction of sp³-hybridized carbons (Fsp3) is 0.368. The summed E-state index contributed by atoms with van der Waals surface area (Å²) < 4.78 is 0. The molecule has 1 heterocycles. The zero-order valence-corrected chi connectivity index (χ0v) is 15.3. The molecule has 2 aromatic rings. The van der Waals surface area contributed by atoms with Gasteiger partial charge in [-0.25, -0.2) is 9.97 Å². The van der Waals surface area contributed by atoms with E-state index < -0.39 is 5.91 Å². The second-order valence-electron chi connectivity index (χ2n) is 6.44. The van der Waals surface area contributed by atoms with Crippen LogP contribution in [0.5, 0.6) is 0 Å². The van der Waals surface area contributed by atoms with Crippen molar-refractivity contribution in [1.82, 2.24) is 9.97 Å². The van der Waals surface area contributed by atoms with Gasteiger partial charge in [-0.05, 0) is 42.9 Å². The van der Waals surface area contributed by atoms with E-state index in [1.54, 1.807) is 0 Å². The summed E-state index contributed by atoms with van der Waals surface area (Å²) in [6, 6.07) is 7.89. The zero-order chi connectivity index (χ0) is 18.7. The Morgan fingerprint density at radius 1 is 1.23 bits per heavy atom. The van der Waals surface area contributed by atoms with Crippen LogP contribution < -0.4 is 11.1 Å². The van der Waals surface area contributed by atoms with Crippen molar-refractivity contribution in [3.05, 3.63) is 46.4 Å². The number of carbonyl (C=O) groups is 2. The lowest BCUT2D eigenvalue weighted by Gasteiger charge is -2.21. The van der Waals surface area contributed by atoms with Crippen LogP contribution in [0.1, 0.15) is 60.3 Å². The summed E-state index contributed by atoms with van der Waals surface area (Å²) in [5, 5.41) is 3.32. The van der Waals surface area contributed by atoms with E-state index in [1.165, 1.54) is 5.56 Å². The van der Waals surface area contributed by atoms with E-state index in [1.807, 2.05) is 31.2 Å². The van der Waals surface area contributed by atoms with Crippen molar-refractivity contribution in [1.29, 1.82) is 0 Å². The minimum absolute atomic E-state index is 0.0705. The lowest BCUT2D eigenvalue weighted by Crippen LogP contribution is -2.18. The van der Waals surface area contributed by atoms with Crippen molar-refractivity contribution in [2.24, 2.45) is 5.73 Å². The Kier molecular flexibility index (Phi) is 5.52. The van der Waals surface area contributed by atoms with Crippen molar-refractivity contribution in [2.75, 3.05) is 5.32 Å². The summed E-state index contributed by atoms with van der Waals surface area (Å²) in [7, 11) is 0. The fourth-order valence-corrected chi connectivity index (χ4v) is 3.44. The number of anilines is 2. The molecule has 0 bridgehead atoms. The summed E-state index contributed by atoms with van der Waals surface area (Å²) in [6.07, 6.45) is 3.67. The number of rotatable bonds is 5. The smallest absolute Gasteiger partial charge is 0.271 e. The fourth-order valence-electron chi connectivity index (χ4n) is 3.18. The normalized spacial score (nSPS) is 15.1. The molecule has 1 saturated carbocycles. The average Bonchev–Trinajstić information content (AvgIpc) is 2.63. The maximum Gasteiger partial charge on any atom is 0.271 e. The van der Waals surface area contributed by atoms with Gasteiger partial charge in [-0.15, -0.1) is 0 Å². The van der Waals surface area contributed by atoms with Crippen LogP contribution in [0.3, 0.4) is 0 Å². The Labute approximate surface area is 157 Å². The number of aryl methyl sites for hydroxylation is 1. The summed E-state index contributed by atoms with van der Waals surface area (Å²) in [5.74, 6) is 0.357. The molecular weight excluding hydrogens is 352 g/mol. The highest BCUT2D eigenvalue weighted by atomic mass is 35.5. The van der Waals surface area contributed by atoms with Gasteiger partial charge in [-0.1, -0.05) is 30.7 Å². The minimum atomic E-state index is -0.658. The van der Waals surface area contributed by atoms with Gasteiger partial charge in [0.2, 0.25) is 0 Å². The summed E-state index contributed by atoms with van der Waals surface area (Å²) in [4.78, 5) is 31.5. The predicted molar refractivity (Wildman–Crippen MR) is 101 cm³/mol. The van der Waals surface area contributed by atoms with Crippen LogP contribution in [0.2, 0.25) is 5.15 Å². The van der Waals surface area contributed by atoms with Gasteiger partial charge in [-0.2, -0.15) is 0 Å². The van der Waals surface area contributed by atoms with Crippen molar-refractivity contribution in [2.45, 2.75) is 44.9 Å². The highest BCUT2D eigenvalue weighted by molar-refractivity contribution is 6.30. The molecule has 0 aliphatic heterocycles. The number of nitrogens with two attached hydrogens (primary N) is 1. The number of ketones is 1. The SMILES string of the molecule is CCc1nc(C(N)=O)c(Nc2ccc(C3CCC(=O)CC3)cc2)nc1Cl. The van der Waals surface area contributed by atoms with Crippen LogP contribution in [0.25, 0.3) is 0 Å². The van der Waals surface area contributed by atoms with Gasteiger partial charge >= 0.3 is 0 Å². The summed E-state index contributed by atoms with van der Waals surface area (Å²) in [6.45, 7) is 1.88. The van der Waals surface area contributed by atoms with Crippen LogP contribution >= 0.6 is 11.6 Å². The Bertz CT molecular complexity index is 826. The number of amides is 1. The van der Waals surface area contributed by atoms with Crippen LogP contribution in [0, 0.1) is 0 Å². The number of aromatic nitrogens is 2. The third-order valence-electron chi connectivity index (χ3n) is 4.68. The molecule has 1 amide bonds. The van der Waals surface area contributed by atoms with Gasteiger partial charge in [0.05, 0.1) is 5.69 Å². The maximum atomic E-state index is 11.7. The predicted octanol–water partition coefficient (Wildman–Crippen LogP) is 3.76. The Hall–Kier alpha value is -2.47. The molecule has 3 rings (SSSR count). The van der Waals surface area contributed by atoms with Crippen LogP contribution in [-0.4, -0.2) is 21.7 Å². The van der Waals surface area contributed by atoms with E-state index in [-0.39, 0.29) is 16.7 Å². The molecule has 7 heteroatoms. The third-order valence-corrected chi connectivity index (χ3v) is 4.98. The molecule has 1 aromatic heterocycles. The number of carbonyl (C=O) groups excluding carboxylic acids is 2. The molecule has 0 atom stereocenters. The van der Waals surface area contributed by atoms with Gasteiger partial charge in [0, 0.05) is 18.5 Å². The van der Waals surface area contributed by atoms with E-state index >= 15 is 0 Å². The van der Waals surface area contributed by atoms with Crippen LogP contribution in [0.15, 0.2) is 24.3 Å². The number of nitrogens with zero attached hydrogens (tertiary/aromatic N) is 2. The number of benzene rings is 1. The first kappa shape index (κ1) is 18.3. The van der Waals surface area contributed by atoms with Gasteiger partial charge in [-0.3, -0.25) is 9.59 Å². The molecular formula is C19H21ClN4O2. The molecule has 0 saturated heterocycles. The maximum absolute atomic E-state index is 11.7. The van der Waals surface area contributed by atoms with Crippen molar-refractivity contribution in [3.63, 3.8) is 0 Å². The minimum Gasteiger partial charge on any atom is -0.364 e. The number of hydrogen-bond donors (Lipinski definition) is 2. The van der Waals surface area contributed by atoms with Gasteiger partial charge < -0.3 is 11.1 Å². The van der Waals surface area contributed by atoms with Crippen molar-refractivity contribution >= 4 is 34.8 Å². The monoisotopic (exact) mass is 372 g/mol. The first-order valence-electron chi connectivity index (χ1n) is 8.72. The van der Waals surface area contributed by atoms with E-state index in [0.29, 0.717) is 36.7 Å². The average molecular weight is 373 g/mol. The standard InChI is InChI=1S/C19H21ClN4O2/c1-2-15-17(20)24-19(16(23-15)18(21)26)22-13-7-3-11(4-8-13)12-5-9-14(25)10-6-12/h3-4,7-8,12H,2,5-6,9-10H2,1H3,(H2,21,26)(H,22,24). The third kappa shape index (κ3) is 4.02. The molecule has 0 spiro atoms.